The van der Waals surface area contributed by atoms with Crippen LogP contribution in [0.2, 0.25) is 0 Å². The van der Waals surface area contributed by atoms with Gasteiger partial charge in [0, 0.05) is 12.8 Å². The molecular weight excluding hydrogens is 434 g/mol. The predicted molar refractivity (Wildman–Crippen MR) is 117 cm³/mol. The summed E-state index contributed by atoms with van der Waals surface area (Å²) in [6.45, 7) is 2.82. The van der Waals surface area contributed by atoms with Crippen molar-refractivity contribution in [3.05, 3.63) is 47.5 Å². The molecule has 0 spiro atoms. The van der Waals surface area contributed by atoms with Gasteiger partial charge >= 0.3 is 5.97 Å². The number of alkyl halides is 2. The van der Waals surface area contributed by atoms with Crippen LogP contribution in [0.15, 0.2) is 36.4 Å². The van der Waals surface area contributed by atoms with Crippen molar-refractivity contribution in [2.75, 3.05) is 19.8 Å². The lowest BCUT2D eigenvalue weighted by Gasteiger charge is -2.33. The van der Waals surface area contributed by atoms with Crippen molar-refractivity contribution < 1.29 is 37.6 Å². The third-order valence-electron chi connectivity index (χ3n) is 5.95. The maximum absolute atomic E-state index is 14.1. The molecule has 178 valence electrons. The monoisotopic (exact) mass is 462 g/mol. The molecule has 6 nitrogen and oxygen atoms in total. The first-order valence-corrected chi connectivity index (χ1v) is 11.2. The number of carboxylic acids is 1. The van der Waals surface area contributed by atoms with E-state index < -0.39 is 18.0 Å². The SMILES string of the molecule is CCOc1cccc(-c2ccc(OC3(C(=O)O)CCOCC3)cc2COC2CC2)c1C(F)F. The van der Waals surface area contributed by atoms with Crippen LogP contribution in [0.25, 0.3) is 11.1 Å². The van der Waals surface area contributed by atoms with E-state index in [0.717, 1.165) is 12.8 Å². The molecule has 2 aromatic carbocycles. The Hall–Kier alpha value is -2.71. The number of halogens is 2. The van der Waals surface area contributed by atoms with Crippen LogP contribution in [0.5, 0.6) is 11.5 Å². The molecule has 0 bridgehead atoms. The van der Waals surface area contributed by atoms with E-state index in [-0.39, 0.29) is 43.5 Å². The zero-order chi connectivity index (χ0) is 23.4. The Morgan fingerprint density at radius 2 is 1.94 bits per heavy atom. The second kappa shape index (κ2) is 10.1. The summed E-state index contributed by atoms with van der Waals surface area (Å²) in [5, 5.41) is 9.81. The van der Waals surface area contributed by atoms with Gasteiger partial charge in [-0.1, -0.05) is 18.2 Å². The molecule has 1 aliphatic carbocycles. The predicted octanol–water partition coefficient (Wildman–Crippen LogP) is 5.38. The van der Waals surface area contributed by atoms with Crippen molar-refractivity contribution in [1.82, 2.24) is 0 Å². The zero-order valence-corrected chi connectivity index (χ0v) is 18.5. The van der Waals surface area contributed by atoms with Crippen molar-refractivity contribution in [2.24, 2.45) is 0 Å². The van der Waals surface area contributed by atoms with Gasteiger partial charge in [-0.25, -0.2) is 13.6 Å². The molecule has 0 aromatic heterocycles. The number of aliphatic carboxylic acids is 1. The average molecular weight is 462 g/mol. The largest absolute Gasteiger partial charge is 0.493 e. The maximum Gasteiger partial charge on any atom is 0.348 e. The molecule has 2 fully saturated rings. The van der Waals surface area contributed by atoms with E-state index in [9.17, 15) is 18.7 Å². The number of carboxylic acid groups (broad SMARTS) is 1. The molecule has 1 N–H and O–H groups in total. The van der Waals surface area contributed by atoms with Crippen molar-refractivity contribution in [1.29, 1.82) is 0 Å². The fourth-order valence-electron chi connectivity index (χ4n) is 4.03. The summed E-state index contributed by atoms with van der Waals surface area (Å²) in [7, 11) is 0. The highest BCUT2D eigenvalue weighted by Crippen LogP contribution is 2.41. The first kappa shape index (κ1) is 23.4. The van der Waals surface area contributed by atoms with E-state index in [1.54, 1.807) is 37.3 Å². The number of hydrogen-bond donors (Lipinski definition) is 1. The molecule has 0 radical (unpaired) electrons. The molecule has 4 rings (SSSR count). The summed E-state index contributed by atoms with van der Waals surface area (Å²) in [6.07, 6.45) is -0.180. The van der Waals surface area contributed by atoms with Crippen LogP contribution in [0.1, 0.15) is 50.2 Å². The Balaban J connectivity index is 1.73. The van der Waals surface area contributed by atoms with Crippen LogP contribution in [-0.4, -0.2) is 42.6 Å². The molecule has 0 amide bonds. The number of hydrogen-bond acceptors (Lipinski definition) is 5. The minimum atomic E-state index is -2.73. The Bertz CT molecular complexity index is 983. The lowest BCUT2D eigenvalue weighted by Crippen LogP contribution is -2.49. The first-order chi connectivity index (χ1) is 15.9. The van der Waals surface area contributed by atoms with Gasteiger partial charge in [-0.05, 0) is 54.7 Å². The molecule has 2 aromatic rings. The molecule has 1 saturated heterocycles. The van der Waals surface area contributed by atoms with Gasteiger partial charge in [0.1, 0.15) is 11.5 Å². The summed E-state index contributed by atoms with van der Waals surface area (Å²) in [5.74, 6) is -0.543. The van der Waals surface area contributed by atoms with Crippen molar-refractivity contribution in [3.8, 4) is 22.6 Å². The van der Waals surface area contributed by atoms with Gasteiger partial charge in [-0.15, -0.1) is 0 Å². The molecule has 0 atom stereocenters. The molecule has 0 unspecified atom stereocenters. The van der Waals surface area contributed by atoms with E-state index in [1.165, 1.54) is 6.07 Å². The van der Waals surface area contributed by atoms with Crippen molar-refractivity contribution in [2.45, 2.75) is 57.3 Å². The Morgan fingerprint density at radius 1 is 1.18 bits per heavy atom. The fraction of sp³-hybridized carbons (Fsp3) is 0.480. The van der Waals surface area contributed by atoms with Gasteiger partial charge in [-0.3, -0.25) is 0 Å². The Kier molecular flexibility index (Phi) is 7.14. The van der Waals surface area contributed by atoms with Crippen LogP contribution in [-0.2, 0) is 20.9 Å². The summed E-state index contributed by atoms with van der Waals surface area (Å²) in [4.78, 5) is 12.0. The van der Waals surface area contributed by atoms with E-state index in [0.29, 0.717) is 35.7 Å². The summed E-state index contributed by atoms with van der Waals surface area (Å²) >= 11 is 0. The summed E-state index contributed by atoms with van der Waals surface area (Å²) < 4.78 is 50.8. The second-order valence-electron chi connectivity index (χ2n) is 8.29. The molecular formula is C25H28F2O6. The van der Waals surface area contributed by atoms with E-state index in [4.69, 9.17) is 18.9 Å². The molecule has 8 heteroatoms. The van der Waals surface area contributed by atoms with E-state index >= 15 is 0 Å². The van der Waals surface area contributed by atoms with Gasteiger partial charge in [0.2, 0.25) is 5.60 Å². The van der Waals surface area contributed by atoms with Gasteiger partial charge in [-0.2, -0.15) is 0 Å². The first-order valence-electron chi connectivity index (χ1n) is 11.2. The average Bonchev–Trinajstić information content (AvgIpc) is 3.63. The third-order valence-corrected chi connectivity index (χ3v) is 5.95. The highest BCUT2D eigenvalue weighted by atomic mass is 19.3. The lowest BCUT2D eigenvalue weighted by molar-refractivity contribution is -0.163. The van der Waals surface area contributed by atoms with Crippen LogP contribution in [0.3, 0.4) is 0 Å². The van der Waals surface area contributed by atoms with E-state index in [1.807, 2.05) is 0 Å². The summed E-state index contributed by atoms with van der Waals surface area (Å²) in [5.41, 5.74) is 0.0407. The molecule has 33 heavy (non-hydrogen) atoms. The highest BCUT2D eigenvalue weighted by molar-refractivity contribution is 5.78. The third kappa shape index (κ3) is 5.28. The van der Waals surface area contributed by atoms with Crippen molar-refractivity contribution >= 4 is 5.97 Å². The van der Waals surface area contributed by atoms with Crippen molar-refractivity contribution in [3.63, 3.8) is 0 Å². The van der Waals surface area contributed by atoms with Gasteiger partial charge in [0.25, 0.3) is 6.43 Å². The smallest absolute Gasteiger partial charge is 0.348 e. The number of benzene rings is 2. The Morgan fingerprint density at radius 3 is 2.58 bits per heavy atom. The number of carbonyl (C=O) groups is 1. The minimum Gasteiger partial charge on any atom is -0.493 e. The molecule has 2 aliphatic rings. The topological polar surface area (TPSA) is 74.2 Å². The maximum atomic E-state index is 14.1. The normalized spacial score (nSPS) is 17.7. The van der Waals surface area contributed by atoms with Crippen LogP contribution < -0.4 is 9.47 Å². The summed E-state index contributed by atoms with van der Waals surface area (Å²) in [6, 6.07) is 9.86. The Labute approximate surface area is 191 Å². The van der Waals surface area contributed by atoms with Gasteiger partial charge in [0.15, 0.2) is 0 Å². The van der Waals surface area contributed by atoms with Crippen LogP contribution >= 0.6 is 0 Å². The number of rotatable bonds is 10. The molecule has 1 aliphatic heterocycles. The second-order valence-corrected chi connectivity index (χ2v) is 8.29. The standard InChI is InChI=1S/C25H28F2O6/c1-2-31-21-5-3-4-20(22(21)23(26)27)19-9-8-18(14-16(19)15-32-17-6-7-17)33-25(24(28)29)10-12-30-13-11-25/h3-5,8-9,14,17,23H,2,6-7,10-13,15H2,1H3,(H,28,29). The minimum absolute atomic E-state index is 0.145. The molecule has 1 heterocycles. The highest BCUT2D eigenvalue weighted by Gasteiger charge is 2.43. The quantitative estimate of drug-likeness (QED) is 0.511. The van der Waals surface area contributed by atoms with E-state index in [2.05, 4.69) is 0 Å². The van der Waals surface area contributed by atoms with Crippen LogP contribution in [0.4, 0.5) is 8.78 Å². The fourth-order valence-corrected chi connectivity index (χ4v) is 4.03. The lowest BCUT2D eigenvalue weighted by atomic mass is 9.93. The molecule has 1 saturated carbocycles. The zero-order valence-electron chi connectivity index (χ0n) is 18.5. The van der Waals surface area contributed by atoms with Gasteiger partial charge in [0.05, 0.1) is 38.1 Å². The van der Waals surface area contributed by atoms with Crippen LogP contribution in [0, 0.1) is 0 Å². The van der Waals surface area contributed by atoms with Gasteiger partial charge < -0.3 is 24.1 Å². The number of ether oxygens (including phenoxy) is 4.